The second-order valence-electron chi connectivity index (χ2n) is 4.00. The highest BCUT2D eigenvalue weighted by molar-refractivity contribution is 5.76. The summed E-state index contributed by atoms with van der Waals surface area (Å²) >= 11 is 0. The molecule has 0 unspecified atom stereocenters. The average molecular weight is 240 g/mol. The Morgan fingerprint density at radius 3 is 2.82 bits per heavy atom. The smallest absolute Gasteiger partial charge is 0.223 e. The van der Waals surface area contributed by atoms with E-state index in [0.29, 0.717) is 5.75 Å². The lowest BCUT2D eigenvalue weighted by molar-refractivity contribution is -0.122. The van der Waals surface area contributed by atoms with Gasteiger partial charge in [0.05, 0.1) is 18.7 Å². The molecular formula is C12H17FN2O2. The standard InChI is InChI=1S/C12H17FN2O2/c1-8(2)15-12(16)5-6-17-11-4-3-9(13)7-10(11)14/h3-4,7-8H,5-6,14H2,1-2H3,(H,15,16). The number of nitrogens with one attached hydrogen (secondary N) is 1. The van der Waals surface area contributed by atoms with Crippen LogP contribution in [0.4, 0.5) is 10.1 Å². The van der Waals surface area contributed by atoms with Crippen LogP contribution in [0.1, 0.15) is 20.3 Å². The van der Waals surface area contributed by atoms with Crippen LogP contribution in [0.25, 0.3) is 0 Å². The normalized spacial score (nSPS) is 10.4. The second kappa shape index (κ2) is 6.08. The molecule has 3 N–H and O–H groups in total. The van der Waals surface area contributed by atoms with Crippen molar-refractivity contribution >= 4 is 11.6 Å². The number of hydrogen-bond donors (Lipinski definition) is 2. The number of rotatable bonds is 5. The monoisotopic (exact) mass is 240 g/mol. The first-order chi connectivity index (χ1) is 7.99. The van der Waals surface area contributed by atoms with Crippen LogP contribution in [0, 0.1) is 5.82 Å². The van der Waals surface area contributed by atoms with Gasteiger partial charge in [-0.15, -0.1) is 0 Å². The SMILES string of the molecule is CC(C)NC(=O)CCOc1ccc(F)cc1N. The molecule has 0 bridgehead atoms. The van der Waals surface area contributed by atoms with E-state index in [1.165, 1.54) is 18.2 Å². The molecule has 94 valence electrons. The molecule has 0 aliphatic rings. The maximum absolute atomic E-state index is 12.7. The third kappa shape index (κ3) is 4.72. The van der Waals surface area contributed by atoms with Crippen LogP contribution in [0.5, 0.6) is 5.75 Å². The number of nitrogens with two attached hydrogens (primary N) is 1. The minimum absolute atomic E-state index is 0.0827. The molecular weight excluding hydrogens is 223 g/mol. The largest absolute Gasteiger partial charge is 0.491 e. The van der Waals surface area contributed by atoms with Crippen molar-refractivity contribution in [3.05, 3.63) is 24.0 Å². The highest BCUT2D eigenvalue weighted by atomic mass is 19.1. The lowest BCUT2D eigenvalue weighted by Crippen LogP contribution is -2.31. The van der Waals surface area contributed by atoms with Gasteiger partial charge in [0, 0.05) is 12.1 Å². The molecule has 0 radical (unpaired) electrons. The minimum atomic E-state index is -0.410. The van der Waals surface area contributed by atoms with Crippen LogP contribution in [-0.2, 0) is 4.79 Å². The van der Waals surface area contributed by atoms with Crippen molar-refractivity contribution in [1.29, 1.82) is 0 Å². The molecule has 0 fully saturated rings. The highest BCUT2D eigenvalue weighted by Gasteiger charge is 2.05. The quantitative estimate of drug-likeness (QED) is 0.770. The summed E-state index contributed by atoms with van der Waals surface area (Å²) in [6.07, 6.45) is 0.245. The summed E-state index contributed by atoms with van der Waals surface area (Å²) in [7, 11) is 0. The molecule has 0 aliphatic heterocycles. The van der Waals surface area contributed by atoms with Gasteiger partial charge in [-0.2, -0.15) is 0 Å². The van der Waals surface area contributed by atoms with Gasteiger partial charge < -0.3 is 15.8 Å². The molecule has 1 aromatic carbocycles. The van der Waals surface area contributed by atoms with Crippen LogP contribution in [0.2, 0.25) is 0 Å². The van der Waals surface area contributed by atoms with E-state index in [2.05, 4.69) is 5.32 Å². The van der Waals surface area contributed by atoms with E-state index in [0.717, 1.165) is 0 Å². The number of carbonyl (C=O) groups excluding carboxylic acids is 1. The van der Waals surface area contributed by atoms with Gasteiger partial charge in [0.15, 0.2) is 0 Å². The van der Waals surface area contributed by atoms with Crippen molar-refractivity contribution in [2.75, 3.05) is 12.3 Å². The van der Waals surface area contributed by atoms with E-state index in [4.69, 9.17) is 10.5 Å². The summed E-state index contributed by atoms with van der Waals surface area (Å²) in [5, 5.41) is 2.74. The minimum Gasteiger partial charge on any atom is -0.491 e. The molecule has 4 nitrogen and oxygen atoms in total. The van der Waals surface area contributed by atoms with Gasteiger partial charge in [-0.25, -0.2) is 4.39 Å². The van der Waals surface area contributed by atoms with Crippen molar-refractivity contribution in [2.45, 2.75) is 26.3 Å². The summed E-state index contributed by atoms with van der Waals surface area (Å²) in [5.74, 6) is -0.100. The Morgan fingerprint density at radius 1 is 1.53 bits per heavy atom. The third-order valence-electron chi connectivity index (χ3n) is 2.01. The first-order valence-corrected chi connectivity index (χ1v) is 5.46. The van der Waals surface area contributed by atoms with E-state index < -0.39 is 5.82 Å². The molecule has 1 rings (SSSR count). The Kier molecular flexibility index (Phi) is 4.75. The Morgan fingerprint density at radius 2 is 2.24 bits per heavy atom. The fourth-order valence-corrected chi connectivity index (χ4v) is 1.30. The van der Waals surface area contributed by atoms with Crippen LogP contribution in [0.3, 0.4) is 0 Å². The topological polar surface area (TPSA) is 64.3 Å². The Bertz CT molecular complexity index is 394. The molecule has 0 saturated carbocycles. The van der Waals surface area contributed by atoms with Crippen molar-refractivity contribution in [2.24, 2.45) is 0 Å². The van der Waals surface area contributed by atoms with Gasteiger partial charge in [-0.05, 0) is 26.0 Å². The van der Waals surface area contributed by atoms with Gasteiger partial charge in [0.2, 0.25) is 5.91 Å². The number of anilines is 1. The molecule has 0 aliphatic carbocycles. The van der Waals surface area contributed by atoms with Crippen LogP contribution >= 0.6 is 0 Å². The maximum atomic E-state index is 12.7. The molecule has 0 aromatic heterocycles. The van der Waals surface area contributed by atoms with Crippen LogP contribution in [0.15, 0.2) is 18.2 Å². The molecule has 0 spiro atoms. The second-order valence-corrected chi connectivity index (χ2v) is 4.00. The number of nitrogen functional groups attached to an aromatic ring is 1. The zero-order chi connectivity index (χ0) is 12.8. The molecule has 0 heterocycles. The van der Waals surface area contributed by atoms with E-state index in [-0.39, 0.29) is 30.7 Å². The summed E-state index contributed by atoms with van der Waals surface area (Å²) < 4.78 is 18.0. The number of amides is 1. The maximum Gasteiger partial charge on any atom is 0.223 e. The third-order valence-corrected chi connectivity index (χ3v) is 2.01. The summed E-state index contributed by atoms with van der Waals surface area (Å²) in [6, 6.07) is 4.01. The highest BCUT2D eigenvalue weighted by Crippen LogP contribution is 2.21. The lowest BCUT2D eigenvalue weighted by atomic mass is 10.3. The number of halogens is 1. The lowest BCUT2D eigenvalue weighted by Gasteiger charge is -2.10. The molecule has 17 heavy (non-hydrogen) atoms. The van der Waals surface area contributed by atoms with Crippen molar-refractivity contribution < 1.29 is 13.9 Å². The molecule has 0 saturated heterocycles. The number of carbonyl (C=O) groups is 1. The molecule has 5 heteroatoms. The predicted octanol–water partition coefficient (Wildman–Crippen LogP) is 1.70. The van der Waals surface area contributed by atoms with Crippen molar-refractivity contribution in [1.82, 2.24) is 5.32 Å². The Labute approximate surface area is 100.0 Å². The fraction of sp³-hybridized carbons (Fsp3) is 0.417. The number of hydrogen-bond acceptors (Lipinski definition) is 3. The van der Waals surface area contributed by atoms with E-state index >= 15 is 0 Å². The van der Waals surface area contributed by atoms with Crippen molar-refractivity contribution in [3.63, 3.8) is 0 Å². The van der Waals surface area contributed by atoms with Gasteiger partial charge in [0.1, 0.15) is 11.6 Å². The van der Waals surface area contributed by atoms with Gasteiger partial charge >= 0.3 is 0 Å². The van der Waals surface area contributed by atoms with Gasteiger partial charge in [-0.1, -0.05) is 0 Å². The van der Waals surface area contributed by atoms with E-state index in [9.17, 15) is 9.18 Å². The van der Waals surface area contributed by atoms with E-state index in [1.54, 1.807) is 0 Å². The Balaban J connectivity index is 2.38. The molecule has 0 atom stereocenters. The first-order valence-electron chi connectivity index (χ1n) is 5.46. The number of benzene rings is 1. The zero-order valence-electron chi connectivity index (χ0n) is 10.00. The van der Waals surface area contributed by atoms with Crippen LogP contribution < -0.4 is 15.8 Å². The molecule has 1 amide bonds. The number of ether oxygens (including phenoxy) is 1. The van der Waals surface area contributed by atoms with Gasteiger partial charge in [-0.3, -0.25) is 4.79 Å². The first kappa shape index (κ1) is 13.3. The summed E-state index contributed by atoms with van der Waals surface area (Å²) in [4.78, 5) is 11.3. The zero-order valence-corrected chi connectivity index (χ0v) is 10.00. The summed E-state index contributed by atoms with van der Waals surface area (Å²) in [5.41, 5.74) is 5.78. The predicted molar refractivity (Wildman–Crippen MR) is 64.2 cm³/mol. The van der Waals surface area contributed by atoms with Gasteiger partial charge in [0.25, 0.3) is 0 Å². The summed E-state index contributed by atoms with van der Waals surface area (Å²) in [6.45, 7) is 3.99. The fourth-order valence-electron chi connectivity index (χ4n) is 1.30. The Hall–Kier alpha value is -1.78. The van der Waals surface area contributed by atoms with Crippen molar-refractivity contribution in [3.8, 4) is 5.75 Å². The van der Waals surface area contributed by atoms with Crippen LogP contribution in [-0.4, -0.2) is 18.6 Å². The van der Waals surface area contributed by atoms with E-state index in [1.807, 2.05) is 13.8 Å². The average Bonchev–Trinajstić information content (AvgIpc) is 2.20. The molecule has 1 aromatic rings.